The van der Waals surface area contributed by atoms with Gasteiger partial charge in [-0.3, -0.25) is 4.90 Å². The van der Waals surface area contributed by atoms with Crippen LogP contribution >= 0.6 is 0 Å². The molecule has 0 saturated carbocycles. The molecule has 1 aromatic rings. The predicted octanol–water partition coefficient (Wildman–Crippen LogP) is 1.21. The summed E-state index contributed by atoms with van der Waals surface area (Å²) in [5.41, 5.74) is 6.88. The molecule has 2 aliphatic heterocycles. The van der Waals surface area contributed by atoms with Crippen molar-refractivity contribution in [1.82, 2.24) is 9.88 Å². The summed E-state index contributed by atoms with van der Waals surface area (Å²) < 4.78 is 0. The van der Waals surface area contributed by atoms with Crippen LogP contribution in [0.1, 0.15) is 25.3 Å². The molecule has 2 fully saturated rings. The minimum atomic E-state index is 0.542. The van der Waals surface area contributed by atoms with Crippen LogP contribution in [0.25, 0.3) is 0 Å². The summed E-state index contributed by atoms with van der Waals surface area (Å²) >= 11 is 0. The van der Waals surface area contributed by atoms with Gasteiger partial charge in [0.15, 0.2) is 0 Å². The standard InChI is InChI=1S/C14H22N4/c1-11-9-17-6-2-3-13(17)10-18(11)14-7-12(8-15)4-5-16-14/h4-5,7,11,13H,2-3,6,8-10,15H2,1H3. The molecule has 0 spiro atoms. The van der Waals surface area contributed by atoms with Gasteiger partial charge in [-0.1, -0.05) is 0 Å². The van der Waals surface area contributed by atoms with Crippen LogP contribution in [0.4, 0.5) is 5.82 Å². The number of hydrogen-bond donors (Lipinski definition) is 1. The van der Waals surface area contributed by atoms with Crippen molar-refractivity contribution in [3.63, 3.8) is 0 Å². The molecular weight excluding hydrogens is 224 g/mol. The molecule has 2 N–H and O–H groups in total. The smallest absolute Gasteiger partial charge is 0.129 e. The van der Waals surface area contributed by atoms with E-state index in [1.165, 1.54) is 31.5 Å². The van der Waals surface area contributed by atoms with E-state index in [0.29, 0.717) is 12.6 Å². The highest BCUT2D eigenvalue weighted by Gasteiger charge is 2.34. The lowest BCUT2D eigenvalue weighted by atomic mass is 10.1. The van der Waals surface area contributed by atoms with E-state index in [9.17, 15) is 0 Å². The van der Waals surface area contributed by atoms with E-state index in [4.69, 9.17) is 5.73 Å². The van der Waals surface area contributed by atoms with E-state index in [1.807, 2.05) is 12.3 Å². The van der Waals surface area contributed by atoms with Crippen molar-refractivity contribution in [3.8, 4) is 0 Å². The van der Waals surface area contributed by atoms with Crippen molar-refractivity contribution in [1.29, 1.82) is 0 Å². The van der Waals surface area contributed by atoms with Gasteiger partial charge in [-0.2, -0.15) is 0 Å². The number of rotatable bonds is 2. The second-order valence-electron chi connectivity index (χ2n) is 5.52. The second kappa shape index (κ2) is 4.86. The molecule has 0 radical (unpaired) electrons. The summed E-state index contributed by atoms with van der Waals surface area (Å²) in [6.45, 7) is 6.44. The molecule has 2 atom stereocenters. The van der Waals surface area contributed by atoms with Crippen LogP contribution in [0, 0.1) is 0 Å². The number of aromatic nitrogens is 1. The van der Waals surface area contributed by atoms with Crippen molar-refractivity contribution in [3.05, 3.63) is 23.9 Å². The molecule has 0 aliphatic carbocycles. The van der Waals surface area contributed by atoms with Crippen molar-refractivity contribution < 1.29 is 0 Å². The Labute approximate surface area is 109 Å². The molecule has 3 heterocycles. The van der Waals surface area contributed by atoms with Crippen LogP contribution in [0.2, 0.25) is 0 Å². The largest absolute Gasteiger partial charge is 0.351 e. The molecule has 1 aromatic heterocycles. The van der Waals surface area contributed by atoms with Crippen LogP contribution in [0.15, 0.2) is 18.3 Å². The zero-order chi connectivity index (χ0) is 12.5. The Balaban J connectivity index is 1.81. The van der Waals surface area contributed by atoms with E-state index in [-0.39, 0.29) is 0 Å². The number of fused-ring (bicyclic) bond motifs is 1. The van der Waals surface area contributed by atoms with E-state index < -0.39 is 0 Å². The lowest BCUT2D eigenvalue weighted by molar-refractivity contribution is 0.202. The highest BCUT2D eigenvalue weighted by atomic mass is 15.3. The number of anilines is 1. The highest BCUT2D eigenvalue weighted by molar-refractivity contribution is 5.43. The summed E-state index contributed by atoms with van der Waals surface area (Å²) in [6.07, 6.45) is 4.56. The first kappa shape index (κ1) is 11.9. The molecule has 4 heteroatoms. The summed E-state index contributed by atoms with van der Waals surface area (Å²) in [4.78, 5) is 9.61. The normalized spacial score (nSPS) is 28.4. The molecule has 2 saturated heterocycles. The first-order valence-corrected chi connectivity index (χ1v) is 6.93. The molecule has 0 amide bonds. The van der Waals surface area contributed by atoms with Crippen LogP contribution in [-0.2, 0) is 6.54 Å². The van der Waals surface area contributed by atoms with E-state index >= 15 is 0 Å². The second-order valence-corrected chi connectivity index (χ2v) is 5.52. The lowest BCUT2D eigenvalue weighted by Crippen LogP contribution is -2.55. The average molecular weight is 246 g/mol. The number of piperazine rings is 1. The van der Waals surface area contributed by atoms with Crippen LogP contribution in [0.3, 0.4) is 0 Å². The van der Waals surface area contributed by atoms with Gasteiger partial charge in [0.05, 0.1) is 0 Å². The Morgan fingerprint density at radius 2 is 2.33 bits per heavy atom. The van der Waals surface area contributed by atoms with Gasteiger partial charge in [-0.05, 0) is 44.0 Å². The monoisotopic (exact) mass is 246 g/mol. The van der Waals surface area contributed by atoms with Gasteiger partial charge in [0.25, 0.3) is 0 Å². The molecular formula is C14H22N4. The fraction of sp³-hybridized carbons (Fsp3) is 0.643. The van der Waals surface area contributed by atoms with Crippen molar-refractivity contribution in [2.45, 2.75) is 38.4 Å². The maximum Gasteiger partial charge on any atom is 0.129 e. The van der Waals surface area contributed by atoms with Crippen LogP contribution < -0.4 is 10.6 Å². The Kier molecular flexibility index (Phi) is 3.22. The van der Waals surface area contributed by atoms with Crippen LogP contribution in [0.5, 0.6) is 0 Å². The first-order valence-electron chi connectivity index (χ1n) is 6.93. The number of nitrogens with zero attached hydrogens (tertiary/aromatic N) is 3. The van der Waals surface area contributed by atoms with Gasteiger partial charge in [-0.25, -0.2) is 4.98 Å². The van der Waals surface area contributed by atoms with Gasteiger partial charge in [0.1, 0.15) is 5.82 Å². The SMILES string of the molecule is CC1CN2CCCC2CN1c1cc(CN)ccn1. The molecule has 0 aromatic carbocycles. The van der Waals surface area contributed by atoms with Gasteiger partial charge in [-0.15, -0.1) is 0 Å². The molecule has 2 unspecified atom stereocenters. The average Bonchev–Trinajstić information content (AvgIpc) is 2.85. The molecule has 98 valence electrons. The Morgan fingerprint density at radius 3 is 3.17 bits per heavy atom. The van der Waals surface area contributed by atoms with Crippen molar-refractivity contribution in [2.24, 2.45) is 5.73 Å². The van der Waals surface area contributed by atoms with Gasteiger partial charge < -0.3 is 10.6 Å². The fourth-order valence-corrected chi connectivity index (χ4v) is 3.25. The lowest BCUT2D eigenvalue weighted by Gasteiger charge is -2.43. The number of nitrogens with two attached hydrogens (primary N) is 1. The van der Waals surface area contributed by atoms with Gasteiger partial charge in [0.2, 0.25) is 0 Å². The summed E-state index contributed by atoms with van der Waals surface area (Å²) in [5.74, 6) is 1.09. The minimum absolute atomic E-state index is 0.542. The highest BCUT2D eigenvalue weighted by Crippen LogP contribution is 2.27. The first-order chi connectivity index (χ1) is 8.78. The quantitative estimate of drug-likeness (QED) is 0.852. The Morgan fingerprint density at radius 1 is 1.44 bits per heavy atom. The van der Waals surface area contributed by atoms with Crippen LogP contribution in [-0.4, -0.2) is 41.6 Å². The third-order valence-corrected chi connectivity index (χ3v) is 4.28. The van der Waals surface area contributed by atoms with Gasteiger partial charge in [0, 0.05) is 37.9 Å². The van der Waals surface area contributed by atoms with Crippen molar-refractivity contribution in [2.75, 3.05) is 24.5 Å². The predicted molar refractivity (Wildman–Crippen MR) is 73.5 cm³/mol. The molecule has 0 bridgehead atoms. The Hall–Kier alpha value is -1.13. The van der Waals surface area contributed by atoms with E-state index in [1.54, 1.807) is 0 Å². The zero-order valence-corrected chi connectivity index (χ0v) is 11.0. The third-order valence-electron chi connectivity index (χ3n) is 4.28. The maximum atomic E-state index is 5.71. The summed E-state index contributed by atoms with van der Waals surface area (Å²) in [5, 5.41) is 0. The molecule has 18 heavy (non-hydrogen) atoms. The third kappa shape index (κ3) is 2.10. The molecule has 4 nitrogen and oxygen atoms in total. The maximum absolute atomic E-state index is 5.71. The number of pyridine rings is 1. The number of hydrogen-bond acceptors (Lipinski definition) is 4. The fourth-order valence-electron chi connectivity index (χ4n) is 3.25. The van der Waals surface area contributed by atoms with E-state index in [0.717, 1.165) is 18.4 Å². The van der Waals surface area contributed by atoms with E-state index in [2.05, 4.69) is 27.8 Å². The summed E-state index contributed by atoms with van der Waals surface area (Å²) in [6, 6.07) is 5.41. The molecule has 2 aliphatic rings. The summed E-state index contributed by atoms with van der Waals surface area (Å²) in [7, 11) is 0. The van der Waals surface area contributed by atoms with Crippen molar-refractivity contribution >= 4 is 5.82 Å². The zero-order valence-electron chi connectivity index (χ0n) is 11.0. The topological polar surface area (TPSA) is 45.4 Å². The Bertz CT molecular complexity index is 420. The molecule has 3 rings (SSSR count). The minimum Gasteiger partial charge on any atom is -0.351 e. The van der Waals surface area contributed by atoms with Gasteiger partial charge >= 0.3 is 0 Å².